The van der Waals surface area contributed by atoms with Crippen molar-refractivity contribution in [1.82, 2.24) is 0 Å². The van der Waals surface area contributed by atoms with Crippen LogP contribution in [0.1, 0.15) is 30.0 Å². The Bertz CT molecular complexity index is 1020. The van der Waals surface area contributed by atoms with E-state index in [4.69, 9.17) is 14.2 Å². The van der Waals surface area contributed by atoms with E-state index in [-0.39, 0.29) is 6.42 Å². The predicted octanol–water partition coefficient (Wildman–Crippen LogP) is 4.58. The van der Waals surface area contributed by atoms with E-state index in [1.165, 1.54) is 0 Å². The molecule has 0 amide bonds. The van der Waals surface area contributed by atoms with Crippen molar-refractivity contribution in [3.63, 3.8) is 0 Å². The van der Waals surface area contributed by atoms with Crippen LogP contribution < -0.4 is 19.1 Å². The summed E-state index contributed by atoms with van der Waals surface area (Å²) in [6, 6.07) is 9.90. The van der Waals surface area contributed by atoms with Crippen LogP contribution in [0, 0.1) is 0 Å². The number of methoxy groups -OCH3 is 3. The molecule has 0 saturated heterocycles. The van der Waals surface area contributed by atoms with Gasteiger partial charge in [-0.15, -0.1) is 0 Å². The molecule has 1 aliphatic carbocycles. The molecule has 0 unspecified atom stereocenters. The van der Waals surface area contributed by atoms with Crippen LogP contribution in [-0.2, 0) is 4.79 Å². The van der Waals surface area contributed by atoms with Gasteiger partial charge >= 0.3 is 5.97 Å². The molecule has 0 atom stereocenters. The van der Waals surface area contributed by atoms with E-state index < -0.39 is 5.97 Å². The summed E-state index contributed by atoms with van der Waals surface area (Å²) >= 11 is 0. The van der Waals surface area contributed by atoms with E-state index in [2.05, 4.69) is 0 Å². The van der Waals surface area contributed by atoms with E-state index in [1.54, 1.807) is 21.3 Å². The molecule has 30 heavy (non-hydrogen) atoms. The molecule has 0 fully saturated rings. The van der Waals surface area contributed by atoms with Gasteiger partial charge in [0.2, 0.25) is 5.75 Å². The van der Waals surface area contributed by atoms with Gasteiger partial charge in [-0.2, -0.15) is 0 Å². The topological polar surface area (TPSA) is 68.2 Å². The summed E-state index contributed by atoms with van der Waals surface area (Å²) in [5.74, 6) is 0.817. The van der Waals surface area contributed by atoms with Gasteiger partial charge in [-0.1, -0.05) is 6.07 Å². The summed E-state index contributed by atoms with van der Waals surface area (Å²) in [4.78, 5) is 13.5. The third-order valence-electron chi connectivity index (χ3n) is 5.32. The van der Waals surface area contributed by atoms with Crippen molar-refractivity contribution in [2.75, 3.05) is 40.3 Å². The quantitative estimate of drug-likeness (QED) is 0.722. The van der Waals surface area contributed by atoms with Gasteiger partial charge in [0.15, 0.2) is 11.5 Å². The summed E-state index contributed by atoms with van der Waals surface area (Å²) in [5.41, 5.74) is 6.65. The summed E-state index contributed by atoms with van der Waals surface area (Å²) in [7, 11) is 8.67. The molecule has 2 aromatic rings. The monoisotopic (exact) mass is 409 g/mol. The zero-order chi connectivity index (χ0) is 22.0. The number of rotatable bonds is 7. The lowest BCUT2D eigenvalue weighted by atomic mass is 9.99. The maximum Gasteiger partial charge on any atom is 0.307 e. The summed E-state index contributed by atoms with van der Waals surface area (Å²) < 4.78 is 16.3. The van der Waals surface area contributed by atoms with Crippen LogP contribution in [0.4, 0.5) is 5.69 Å². The number of carboxylic acids is 1. The van der Waals surface area contributed by atoms with Crippen LogP contribution >= 0.6 is 0 Å². The molecule has 158 valence electrons. The van der Waals surface area contributed by atoms with E-state index in [0.29, 0.717) is 17.2 Å². The third-order valence-corrected chi connectivity index (χ3v) is 5.32. The number of fused-ring (bicyclic) bond motifs is 1. The lowest BCUT2D eigenvalue weighted by Crippen LogP contribution is -2.09. The van der Waals surface area contributed by atoms with E-state index in [1.807, 2.05) is 62.3 Å². The molecule has 1 aliphatic rings. The Morgan fingerprint density at radius 2 is 1.63 bits per heavy atom. The highest BCUT2D eigenvalue weighted by molar-refractivity contribution is 6.08. The number of benzene rings is 2. The van der Waals surface area contributed by atoms with Gasteiger partial charge < -0.3 is 24.2 Å². The molecule has 6 heteroatoms. The number of allylic oxidation sites excluding steroid dienone is 2. The molecule has 0 radical (unpaired) electrons. The number of carbonyl (C=O) groups is 1. The van der Waals surface area contributed by atoms with Crippen molar-refractivity contribution in [1.29, 1.82) is 0 Å². The zero-order valence-electron chi connectivity index (χ0n) is 18.2. The largest absolute Gasteiger partial charge is 0.493 e. The van der Waals surface area contributed by atoms with Crippen LogP contribution in [0.25, 0.3) is 17.2 Å². The number of carboxylic acid groups (broad SMARTS) is 1. The molecular formula is C24H27NO5. The highest BCUT2D eigenvalue weighted by Crippen LogP contribution is 2.46. The minimum absolute atomic E-state index is 0.0255. The highest BCUT2D eigenvalue weighted by Gasteiger charge is 2.26. The third kappa shape index (κ3) is 3.85. The van der Waals surface area contributed by atoms with Gasteiger partial charge in [0.1, 0.15) is 0 Å². The van der Waals surface area contributed by atoms with Crippen LogP contribution in [-0.4, -0.2) is 46.5 Å². The van der Waals surface area contributed by atoms with Crippen molar-refractivity contribution in [2.24, 2.45) is 0 Å². The van der Waals surface area contributed by atoms with Crippen LogP contribution in [0.15, 0.2) is 35.9 Å². The SMILES string of the molecule is COc1cc(/C=C2/C(C)=C(CC(=O)O)c3cc(N(C)C)ccc32)cc(OC)c1OC. The maximum atomic E-state index is 11.5. The zero-order valence-corrected chi connectivity index (χ0v) is 18.2. The first kappa shape index (κ1) is 21.3. The summed E-state index contributed by atoms with van der Waals surface area (Å²) in [5, 5.41) is 9.46. The molecule has 0 bridgehead atoms. The molecule has 1 N–H and O–H groups in total. The highest BCUT2D eigenvalue weighted by atomic mass is 16.5. The molecule has 0 saturated carbocycles. The van der Waals surface area contributed by atoms with Gasteiger partial charge in [-0.05, 0) is 70.7 Å². The standard InChI is InChI=1S/C24H27NO5/c1-14-18(9-15-10-21(28-4)24(30-6)22(11-15)29-5)17-8-7-16(25(2)3)12-20(17)19(14)13-23(26)27/h7-12H,13H2,1-6H3,(H,26,27)/b18-9-. The van der Waals surface area contributed by atoms with Gasteiger partial charge in [-0.25, -0.2) is 0 Å². The maximum absolute atomic E-state index is 11.5. The van der Waals surface area contributed by atoms with Crippen LogP contribution in [0.3, 0.4) is 0 Å². The fraction of sp³-hybridized carbons (Fsp3) is 0.292. The van der Waals surface area contributed by atoms with Crippen molar-refractivity contribution in [2.45, 2.75) is 13.3 Å². The molecular weight excluding hydrogens is 382 g/mol. The van der Waals surface area contributed by atoms with Gasteiger partial charge in [0.25, 0.3) is 0 Å². The van der Waals surface area contributed by atoms with Crippen LogP contribution in [0.5, 0.6) is 17.2 Å². The number of nitrogens with zero attached hydrogens (tertiary/aromatic N) is 1. The Hall–Kier alpha value is -3.41. The summed E-state index contributed by atoms with van der Waals surface area (Å²) in [6.07, 6.45) is 2.01. The Kier molecular flexibility index (Phi) is 6.06. The Morgan fingerprint density at radius 3 is 2.13 bits per heavy atom. The van der Waals surface area contributed by atoms with Crippen molar-refractivity contribution in [3.8, 4) is 17.2 Å². The first-order valence-corrected chi connectivity index (χ1v) is 9.56. The van der Waals surface area contributed by atoms with Gasteiger partial charge in [-0.3, -0.25) is 4.79 Å². The average Bonchev–Trinajstić information content (AvgIpc) is 2.97. The Balaban J connectivity index is 2.20. The molecule has 6 nitrogen and oxygen atoms in total. The van der Waals surface area contributed by atoms with Crippen molar-refractivity contribution >= 4 is 28.9 Å². The Morgan fingerprint density at radius 1 is 1.00 bits per heavy atom. The number of hydrogen-bond acceptors (Lipinski definition) is 5. The normalized spacial score (nSPS) is 14.0. The number of ether oxygens (including phenoxy) is 3. The van der Waals surface area contributed by atoms with Crippen molar-refractivity contribution in [3.05, 3.63) is 52.6 Å². The first-order valence-electron chi connectivity index (χ1n) is 9.56. The number of hydrogen-bond donors (Lipinski definition) is 1. The molecule has 0 aromatic heterocycles. The number of anilines is 1. The summed E-state index contributed by atoms with van der Waals surface area (Å²) in [6.45, 7) is 1.97. The molecule has 0 aliphatic heterocycles. The fourth-order valence-corrected chi connectivity index (χ4v) is 3.78. The average molecular weight is 409 g/mol. The lowest BCUT2D eigenvalue weighted by molar-refractivity contribution is -0.135. The smallest absolute Gasteiger partial charge is 0.307 e. The second kappa shape index (κ2) is 8.53. The molecule has 0 spiro atoms. The first-order chi connectivity index (χ1) is 14.3. The minimum atomic E-state index is -0.848. The molecule has 3 rings (SSSR count). The van der Waals surface area contributed by atoms with Crippen LogP contribution in [0.2, 0.25) is 0 Å². The van der Waals surface area contributed by atoms with Crippen molar-refractivity contribution < 1.29 is 24.1 Å². The van der Waals surface area contributed by atoms with E-state index >= 15 is 0 Å². The Labute approximate surface area is 177 Å². The molecule has 2 aromatic carbocycles. The minimum Gasteiger partial charge on any atom is -0.493 e. The van der Waals surface area contributed by atoms with Gasteiger partial charge in [0, 0.05) is 19.8 Å². The van der Waals surface area contributed by atoms with E-state index in [0.717, 1.165) is 39.1 Å². The predicted molar refractivity (Wildman–Crippen MR) is 120 cm³/mol. The second-order valence-corrected chi connectivity index (χ2v) is 7.32. The second-order valence-electron chi connectivity index (χ2n) is 7.32. The van der Waals surface area contributed by atoms with E-state index in [9.17, 15) is 9.90 Å². The number of aliphatic carboxylic acids is 1. The fourth-order valence-electron chi connectivity index (χ4n) is 3.78. The molecule has 0 heterocycles. The van der Waals surface area contributed by atoms with Gasteiger partial charge in [0.05, 0.1) is 27.8 Å². The lowest BCUT2D eigenvalue weighted by Gasteiger charge is -2.15.